The van der Waals surface area contributed by atoms with Crippen molar-refractivity contribution >= 4 is 23.4 Å². The molecule has 2 rings (SSSR count). The lowest BCUT2D eigenvalue weighted by Gasteiger charge is -2.21. The highest BCUT2D eigenvalue weighted by Gasteiger charge is 2.12. The summed E-state index contributed by atoms with van der Waals surface area (Å²) in [6, 6.07) is 4.68. The van der Waals surface area contributed by atoms with E-state index < -0.39 is 0 Å². The summed E-state index contributed by atoms with van der Waals surface area (Å²) < 4.78 is 13.1. The first kappa shape index (κ1) is 13.2. The molecular formula is C13H17ClFNS. The Hall–Kier alpha value is -0.250. The highest BCUT2D eigenvalue weighted by molar-refractivity contribution is 7.99. The summed E-state index contributed by atoms with van der Waals surface area (Å²) in [5, 5.41) is 4.56. The van der Waals surface area contributed by atoms with E-state index in [9.17, 15) is 4.39 Å². The fourth-order valence-electron chi connectivity index (χ4n) is 2.06. The summed E-state index contributed by atoms with van der Waals surface area (Å²) in [7, 11) is 0. The summed E-state index contributed by atoms with van der Waals surface area (Å²) in [5.41, 5.74) is 0.913. The predicted octanol–water partition coefficient (Wildman–Crippen LogP) is 3.85. The molecule has 0 amide bonds. The van der Waals surface area contributed by atoms with Gasteiger partial charge >= 0.3 is 0 Å². The van der Waals surface area contributed by atoms with Crippen molar-refractivity contribution in [2.45, 2.75) is 31.1 Å². The fourth-order valence-corrected chi connectivity index (χ4v) is 3.58. The van der Waals surface area contributed by atoms with Crippen LogP contribution in [-0.4, -0.2) is 17.5 Å². The van der Waals surface area contributed by atoms with E-state index in [1.54, 1.807) is 0 Å². The first-order valence-electron chi connectivity index (χ1n) is 6.01. The second kappa shape index (κ2) is 6.62. The summed E-state index contributed by atoms with van der Waals surface area (Å²) in [6.45, 7) is 1.69. The molecule has 1 aromatic rings. The number of thioether (sulfide) groups is 1. The van der Waals surface area contributed by atoms with Crippen LogP contribution in [0.3, 0.4) is 0 Å². The third-order valence-corrected chi connectivity index (χ3v) is 4.51. The Morgan fingerprint density at radius 1 is 1.35 bits per heavy atom. The Kier molecular flexibility index (Phi) is 5.14. The standard InChI is InChI=1S/C13H17ClFNS/c14-11-5-10(6-12(15)7-11)8-16-9-13-3-1-2-4-17-13/h5-7,13,16H,1-4,8-9H2. The lowest BCUT2D eigenvalue weighted by atomic mass is 10.2. The molecule has 1 aliphatic rings. The Bertz CT molecular complexity index is 346. The topological polar surface area (TPSA) is 12.0 Å². The van der Waals surface area contributed by atoms with Gasteiger partial charge in [0.1, 0.15) is 5.82 Å². The molecule has 1 aromatic carbocycles. The van der Waals surface area contributed by atoms with Crippen molar-refractivity contribution in [2.75, 3.05) is 12.3 Å². The molecule has 0 aliphatic carbocycles. The van der Waals surface area contributed by atoms with Gasteiger partial charge in [-0.1, -0.05) is 18.0 Å². The molecule has 94 valence electrons. The number of rotatable bonds is 4. The van der Waals surface area contributed by atoms with Gasteiger partial charge in [-0.05, 0) is 42.4 Å². The smallest absolute Gasteiger partial charge is 0.125 e. The van der Waals surface area contributed by atoms with Gasteiger partial charge in [0.25, 0.3) is 0 Å². The lowest BCUT2D eigenvalue weighted by Crippen LogP contribution is -2.26. The number of halogens is 2. The van der Waals surface area contributed by atoms with Gasteiger partial charge in [-0.25, -0.2) is 4.39 Å². The third kappa shape index (κ3) is 4.49. The van der Waals surface area contributed by atoms with Crippen LogP contribution in [0.4, 0.5) is 4.39 Å². The van der Waals surface area contributed by atoms with Crippen molar-refractivity contribution in [3.63, 3.8) is 0 Å². The molecule has 1 N–H and O–H groups in total. The van der Waals surface area contributed by atoms with Crippen molar-refractivity contribution in [2.24, 2.45) is 0 Å². The number of hydrogen-bond acceptors (Lipinski definition) is 2. The quantitative estimate of drug-likeness (QED) is 0.894. The number of nitrogens with one attached hydrogen (secondary N) is 1. The first-order valence-corrected chi connectivity index (χ1v) is 7.44. The molecule has 1 unspecified atom stereocenters. The Labute approximate surface area is 111 Å². The fraction of sp³-hybridized carbons (Fsp3) is 0.538. The highest BCUT2D eigenvalue weighted by atomic mass is 35.5. The lowest BCUT2D eigenvalue weighted by molar-refractivity contribution is 0.592. The predicted molar refractivity (Wildman–Crippen MR) is 73.2 cm³/mol. The van der Waals surface area contributed by atoms with Crippen LogP contribution in [0.25, 0.3) is 0 Å². The van der Waals surface area contributed by atoms with E-state index in [1.165, 1.54) is 37.1 Å². The van der Waals surface area contributed by atoms with E-state index in [4.69, 9.17) is 11.6 Å². The average Bonchev–Trinajstić information content (AvgIpc) is 2.29. The zero-order chi connectivity index (χ0) is 12.1. The molecular weight excluding hydrogens is 257 g/mol. The van der Waals surface area contributed by atoms with Crippen LogP contribution in [0.5, 0.6) is 0 Å². The Balaban J connectivity index is 1.77. The van der Waals surface area contributed by atoms with Crippen molar-refractivity contribution in [1.82, 2.24) is 5.32 Å². The summed E-state index contributed by atoms with van der Waals surface area (Å²) in [6.07, 6.45) is 3.98. The second-order valence-electron chi connectivity index (χ2n) is 4.40. The first-order chi connectivity index (χ1) is 8.24. The maximum Gasteiger partial charge on any atom is 0.125 e. The summed E-state index contributed by atoms with van der Waals surface area (Å²) >= 11 is 7.85. The molecule has 0 radical (unpaired) electrons. The molecule has 1 atom stereocenters. The number of hydrogen-bond donors (Lipinski definition) is 1. The SMILES string of the molecule is Fc1cc(Cl)cc(CNCC2CCCCS2)c1. The monoisotopic (exact) mass is 273 g/mol. The van der Waals surface area contributed by atoms with Gasteiger partial charge < -0.3 is 5.32 Å². The van der Waals surface area contributed by atoms with E-state index in [0.717, 1.165) is 12.1 Å². The minimum absolute atomic E-state index is 0.263. The third-order valence-electron chi connectivity index (χ3n) is 2.90. The highest BCUT2D eigenvalue weighted by Crippen LogP contribution is 2.24. The van der Waals surface area contributed by atoms with Crippen LogP contribution in [-0.2, 0) is 6.54 Å². The zero-order valence-electron chi connectivity index (χ0n) is 9.72. The van der Waals surface area contributed by atoms with E-state index in [-0.39, 0.29) is 5.82 Å². The van der Waals surface area contributed by atoms with Crippen LogP contribution in [0.15, 0.2) is 18.2 Å². The van der Waals surface area contributed by atoms with Gasteiger partial charge in [-0.3, -0.25) is 0 Å². The minimum Gasteiger partial charge on any atom is -0.312 e. The maximum atomic E-state index is 13.1. The largest absolute Gasteiger partial charge is 0.312 e. The van der Waals surface area contributed by atoms with Crippen LogP contribution in [0.2, 0.25) is 5.02 Å². The van der Waals surface area contributed by atoms with Crippen molar-refractivity contribution < 1.29 is 4.39 Å². The minimum atomic E-state index is -0.263. The van der Waals surface area contributed by atoms with E-state index in [2.05, 4.69) is 5.32 Å². The van der Waals surface area contributed by atoms with Crippen LogP contribution < -0.4 is 5.32 Å². The van der Waals surface area contributed by atoms with Gasteiger partial charge in [0.05, 0.1) is 0 Å². The van der Waals surface area contributed by atoms with Crippen LogP contribution in [0.1, 0.15) is 24.8 Å². The van der Waals surface area contributed by atoms with Crippen LogP contribution in [0, 0.1) is 5.82 Å². The van der Waals surface area contributed by atoms with Crippen molar-refractivity contribution in [1.29, 1.82) is 0 Å². The van der Waals surface area contributed by atoms with Crippen molar-refractivity contribution in [3.05, 3.63) is 34.6 Å². The van der Waals surface area contributed by atoms with Gasteiger partial charge in [0, 0.05) is 23.4 Å². The van der Waals surface area contributed by atoms with Gasteiger partial charge in [0.2, 0.25) is 0 Å². The molecule has 0 saturated carbocycles. The molecule has 0 bridgehead atoms. The molecule has 4 heteroatoms. The summed E-state index contributed by atoms with van der Waals surface area (Å²) in [4.78, 5) is 0. The maximum absolute atomic E-state index is 13.1. The van der Waals surface area contributed by atoms with Crippen molar-refractivity contribution in [3.8, 4) is 0 Å². The molecule has 1 saturated heterocycles. The molecule has 1 aliphatic heterocycles. The zero-order valence-corrected chi connectivity index (χ0v) is 11.3. The molecule has 1 fully saturated rings. The molecule has 1 heterocycles. The van der Waals surface area contributed by atoms with E-state index >= 15 is 0 Å². The van der Waals surface area contributed by atoms with E-state index in [0.29, 0.717) is 16.8 Å². The normalized spacial score (nSPS) is 20.5. The second-order valence-corrected chi connectivity index (χ2v) is 6.24. The van der Waals surface area contributed by atoms with Gasteiger partial charge in [0.15, 0.2) is 0 Å². The average molecular weight is 274 g/mol. The Morgan fingerprint density at radius 2 is 2.24 bits per heavy atom. The summed E-state index contributed by atoms with van der Waals surface area (Å²) in [5.74, 6) is 1.01. The Morgan fingerprint density at radius 3 is 2.94 bits per heavy atom. The van der Waals surface area contributed by atoms with Crippen LogP contribution >= 0.6 is 23.4 Å². The van der Waals surface area contributed by atoms with Gasteiger partial charge in [-0.15, -0.1) is 0 Å². The molecule has 17 heavy (non-hydrogen) atoms. The molecule has 0 spiro atoms. The number of benzene rings is 1. The molecule has 0 aromatic heterocycles. The molecule has 1 nitrogen and oxygen atoms in total. The van der Waals surface area contributed by atoms with Gasteiger partial charge in [-0.2, -0.15) is 11.8 Å². The van der Waals surface area contributed by atoms with E-state index in [1.807, 2.05) is 17.8 Å².